The maximum atomic E-state index is 12.5. The molecule has 0 aromatic heterocycles. The van der Waals surface area contributed by atoms with E-state index in [9.17, 15) is 4.79 Å². The fourth-order valence-corrected chi connectivity index (χ4v) is 3.73. The highest BCUT2D eigenvalue weighted by Gasteiger charge is 2.36. The van der Waals surface area contributed by atoms with Crippen LogP contribution in [0.1, 0.15) is 26.3 Å². The number of hydrogen-bond donors (Lipinski definition) is 3. The summed E-state index contributed by atoms with van der Waals surface area (Å²) in [5.74, 6) is 2.17. The third-order valence-electron chi connectivity index (χ3n) is 4.81. The molecule has 0 saturated carbocycles. The molecule has 3 rings (SSSR count). The Kier molecular flexibility index (Phi) is 7.07. The van der Waals surface area contributed by atoms with E-state index < -0.39 is 11.1 Å². The van der Waals surface area contributed by atoms with E-state index in [0.717, 1.165) is 5.56 Å². The Balaban J connectivity index is 1.74. The predicted molar refractivity (Wildman–Crippen MR) is 120 cm³/mol. The molecule has 2 aliphatic rings. The smallest absolute Gasteiger partial charge is 0.410 e. The fourth-order valence-electron chi connectivity index (χ4n) is 3.39. The third-order valence-corrected chi connectivity index (χ3v) is 5.17. The Labute approximate surface area is 188 Å². The fraction of sp³-hybridized carbons (Fsp3) is 0.600. The summed E-state index contributed by atoms with van der Waals surface area (Å²) in [4.78, 5) is 18.8. The minimum atomic E-state index is -0.543. The first kappa shape index (κ1) is 23.3. The zero-order chi connectivity index (χ0) is 22.8. The van der Waals surface area contributed by atoms with Crippen molar-refractivity contribution in [3.8, 4) is 17.2 Å². The van der Waals surface area contributed by atoms with Gasteiger partial charge in [-0.3, -0.25) is 10.7 Å². The van der Waals surface area contributed by atoms with Crippen LogP contribution in [0.3, 0.4) is 0 Å². The third kappa shape index (κ3) is 5.28. The first-order valence-corrected chi connectivity index (χ1v) is 10.5. The van der Waals surface area contributed by atoms with Gasteiger partial charge in [-0.2, -0.15) is 5.01 Å². The lowest BCUT2D eigenvalue weighted by molar-refractivity contribution is 0.00524. The van der Waals surface area contributed by atoms with Crippen LogP contribution in [0.15, 0.2) is 17.1 Å². The van der Waals surface area contributed by atoms with E-state index in [1.165, 1.54) is 0 Å². The number of amidine groups is 1. The van der Waals surface area contributed by atoms with Crippen molar-refractivity contribution in [2.75, 3.05) is 41.0 Å². The van der Waals surface area contributed by atoms with Gasteiger partial charge >= 0.3 is 6.09 Å². The number of methoxy groups -OCH3 is 3. The minimum absolute atomic E-state index is 0.202. The van der Waals surface area contributed by atoms with Crippen molar-refractivity contribution in [1.29, 1.82) is 0 Å². The van der Waals surface area contributed by atoms with E-state index in [2.05, 4.69) is 28.4 Å². The summed E-state index contributed by atoms with van der Waals surface area (Å²) < 4.78 is 21.8. The van der Waals surface area contributed by atoms with Crippen LogP contribution in [-0.4, -0.2) is 80.1 Å². The first-order valence-electron chi connectivity index (χ1n) is 9.99. The molecule has 2 aliphatic heterocycles. The summed E-state index contributed by atoms with van der Waals surface area (Å²) in [7, 11) is 4.69. The Hall–Kier alpha value is -2.37. The zero-order valence-corrected chi connectivity index (χ0v) is 19.7. The number of amides is 1. The van der Waals surface area contributed by atoms with E-state index >= 15 is 0 Å². The molecule has 1 fully saturated rings. The van der Waals surface area contributed by atoms with Gasteiger partial charge in [0.2, 0.25) is 5.75 Å². The van der Waals surface area contributed by atoms with Crippen LogP contribution in [0, 0.1) is 0 Å². The van der Waals surface area contributed by atoms with Crippen LogP contribution in [0.4, 0.5) is 4.79 Å². The number of hydrazine groups is 1. The second kappa shape index (κ2) is 9.41. The Morgan fingerprint density at radius 2 is 1.81 bits per heavy atom. The van der Waals surface area contributed by atoms with Crippen LogP contribution >= 0.6 is 12.6 Å². The van der Waals surface area contributed by atoms with Crippen molar-refractivity contribution in [2.45, 2.75) is 38.0 Å². The molecule has 10 nitrogen and oxygen atoms in total. The standard InChI is InChI=1S/C20H31N5O5S/c1-20(2,3)30-19(26)24-8-7-21-15(11-24)25-18(31)22-17(23-25)12-9-13(27-4)16(29-6)14(10-12)28-5/h9-10,15,18,21,31H,7-8,11H2,1-6H3,(H,22,23). The van der Waals surface area contributed by atoms with Crippen molar-refractivity contribution in [1.82, 2.24) is 20.7 Å². The van der Waals surface area contributed by atoms with E-state index in [0.29, 0.717) is 42.7 Å². The molecule has 1 saturated heterocycles. The molecule has 0 bridgehead atoms. The van der Waals surface area contributed by atoms with Gasteiger partial charge in [-0.25, -0.2) is 9.79 Å². The molecule has 0 spiro atoms. The molecule has 1 aromatic rings. The zero-order valence-electron chi connectivity index (χ0n) is 18.8. The normalized spacial score (nSPS) is 21.9. The van der Waals surface area contributed by atoms with Gasteiger partial charge in [-0.15, -0.1) is 12.6 Å². The van der Waals surface area contributed by atoms with Gasteiger partial charge in [0, 0.05) is 18.7 Å². The highest BCUT2D eigenvalue weighted by Crippen LogP contribution is 2.38. The number of ether oxygens (including phenoxy) is 4. The number of thiol groups is 1. The van der Waals surface area contributed by atoms with Crippen molar-refractivity contribution < 1.29 is 23.7 Å². The summed E-state index contributed by atoms with van der Waals surface area (Å²) in [6, 6.07) is 3.64. The summed E-state index contributed by atoms with van der Waals surface area (Å²) in [6.45, 7) is 7.19. The quantitative estimate of drug-likeness (QED) is 0.580. The molecule has 0 aliphatic carbocycles. The second-order valence-corrected chi connectivity index (χ2v) is 8.62. The minimum Gasteiger partial charge on any atom is -0.493 e. The van der Waals surface area contributed by atoms with E-state index in [4.69, 9.17) is 18.9 Å². The van der Waals surface area contributed by atoms with Gasteiger partial charge in [0.15, 0.2) is 17.0 Å². The number of rotatable bonds is 5. The monoisotopic (exact) mass is 453 g/mol. The molecular weight excluding hydrogens is 422 g/mol. The highest BCUT2D eigenvalue weighted by atomic mass is 32.1. The molecule has 2 atom stereocenters. The lowest BCUT2D eigenvalue weighted by Crippen LogP contribution is -2.63. The largest absolute Gasteiger partial charge is 0.493 e. The number of aliphatic imine (C=N–C) groups is 1. The molecule has 2 unspecified atom stereocenters. The van der Waals surface area contributed by atoms with Crippen LogP contribution in [-0.2, 0) is 4.74 Å². The average Bonchev–Trinajstić information content (AvgIpc) is 3.13. The Morgan fingerprint density at radius 1 is 1.16 bits per heavy atom. The lowest BCUT2D eigenvalue weighted by Gasteiger charge is -2.39. The van der Waals surface area contributed by atoms with E-state index in [1.54, 1.807) is 26.2 Å². The van der Waals surface area contributed by atoms with Gasteiger partial charge in [0.05, 0.1) is 34.0 Å². The predicted octanol–water partition coefficient (Wildman–Crippen LogP) is 1.66. The van der Waals surface area contributed by atoms with Crippen molar-refractivity contribution in [2.24, 2.45) is 4.99 Å². The molecule has 172 valence electrons. The van der Waals surface area contributed by atoms with Crippen LogP contribution in [0.5, 0.6) is 17.2 Å². The summed E-state index contributed by atoms with van der Waals surface area (Å²) in [6.07, 6.45) is -0.535. The number of benzene rings is 1. The lowest BCUT2D eigenvalue weighted by atomic mass is 10.1. The molecular formula is C20H31N5O5S. The SMILES string of the molecule is COc1cc(C2=NC(S)N(C3CN(C(=O)OC(C)(C)C)CCN3)N2)cc(OC)c1OC. The summed E-state index contributed by atoms with van der Waals surface area (Å²) >= 11 is 4.61. The van der Waals surface area contributed by atoms with Crippen LogP contribution in [0.25, 0.3) is 0 Å². The molecule has 0 radical (unpaired) electrons. The van der Waals surface area contributed by atoms with Gasteiger partial charge in [0.25, 0.3) is 0 Å². The first-order chi connectivity index (χ1) is 14.7. The Bertz CT molecular complexity index is 819. The van der Waals surface area contributed by atoms with E-state index in [1.807, 2.05) is 37.9 Å². The number of carbonyl (C=O) groups is 1. The number of hydrogen-bond acceptors (Lipinski definition) is 10. The van der Waals surface area contributed by atoms with Gasteiger partial charge in [-0.05, 0) is 32.9 Å². The molecule has 1 amide bonds. The topological polar surface area (TPSA) is 96.9 Å². The number of carbonyl (C=O) groups excluding carboxylic acids is 1. The Morgan fingerprint density at radius 3 is 2.35 bits per heavy atom. The maximum absolute atomic E-state index is 12.5. The number of piperazine rings is 1. The van der Waals surface area contributed by atoms with Gasteiger partial charge in [0.1, 0.15) is 11.4 Å². The molecule has 11 heteroatoms. The van der Waals surface area contributed by atoms with Crippen molar-refractivity contribution in [3.63, 3.8) is 0 Å². The molecule has 31 heavy (non-hydrogen) atoms. The average molecular weight is 454 g/mol. The summed E-state index contributed by atoms with van der Waals surface area (Å²) in [5.41, 5.74) is 3.05. The molecule has 2 heterocycles. The van der Waals surface area contributed by atoms with Gasteiger partial charge in [-0.1, -0.05) is 0 Å². The van der Waals surface area contributed by atoms with E-state index in [-0.39, 0.29) is 12.3 Å². The summed E-state index contributed by atoms with van der Waals surface area (Å²) in [5, 5.41) is 5.26. The van der Waals surface area contributed by atoms with Crippen LogP contribution in [0.2, 0.25) is 0 Å². The van der Waals surface area contributed by atoms with Crippen molar-refractivity contribution in [3.05, 3.63) is 17.7 Å². The van der Waals surface area contributed by atoms with Gasteiger partial charge < -0.3 is 23.8 Å². The van der Waals surface area contributed by atoms with Crippen molar-refractivity contribution >= 4 is 24.6 Å². The highest BCUT2D eigenvalue weighted by molar-refractivity contribution is 7.80. The molecule has 2 N–H and O–H groups in total. The molecule has 1 aromatic carbocycles. The second-order valence-electron chi connectivity index (χ2n) is 8.15. The maximum Gasteiger partial charge on any atom is 0.410 e. The number of nitrogens with one attached hydrogen (secondary N) is 2. The van der Waals surface area contributed by atoms with Crippen LogP contribution < -0.4 is 25.0 Å². The number of nitrogens with zero attached hydrogens (tertiary/aromatic N) is 3.